The summed E-state index contributed by atoms with van der Waals surface area (Å²) >= 11 is 0. The number of nitrogens with one attached hydrogen (secondary N) is 2. The van der Waals surface area contributed by atoms with Crippen LogP contribution < -0.4 is 20.4 Å². The number of carbonyl (C=O) groups is 2. The second-order valence-corrected chi connectivity index (χ2v) is 14.9. The molecule has 2 aromatic carbocycles. The highest BCUT2D eigenvalue weighted by Crippen LogP contribution is 2.31. The van der Waals surface area contributed by atoms with Gasteiger partial charge in [0.1, 0.15) is 6.42 Å². The minimum atomic E-state index is -0.310. The van der Waals surface area contributed by atoms with Crippen LogP contribution in [0.15, 0.2) is 48.6 Å². The second kappa shape index (κ2) is 23.8. The van der Waals surface area contributed by atoms with E-state index in [2.05, 4.69) is 70.7 Å². The first-order chi connectivity index (χ1) is 25.1. The minimum absolute atomic E-state index is 0.227. The third-order valence-corrected chi connectivity index (χ3v) is 10.4. The predicted molar refractivity (Wildman–Crippen MR) is 221 cm³/mol. The average molecular weight is 697 g/mol. The first kappa shape index (κ1) is 40.2. The molecule has 2 N–H and O–H groups in total. The number of carbonyl (C=O) groups excluding carboxylic acids is 2. The average Bonchev–Trinajstić information content (AvgIpc) is 3.13. The van der Waals surface area contributed by atoms with E-state index in [9.17, 15) is 9.59 Å². The summed E-state index contributed by atoms with van der Waals surface area (Å²) in [6, 6.07) is 12.1. The van der Waals surface area contributed by atoms with Gasteiger partial charge in [-0.2, -0.15) is 0 Å². The normalized spacial score (nSPS) is 13.3. The van der Waals surface area contributed by atoms with Gasteiger partial charge in [0.25, 0.3) is 0 Å². The van der Waals surface area contributed by atoms with Crippen LogP contribution in [0.5, 0.6) is 0 Å². The molecule has 2 aliphatic rings. The Morgan fingerprint density at radius 1 is 0.510 bits per heavy atom. The fourth-order valence-corrected chi connectivity index (χ4v) is 7.48. The maximum atomic E-state index is 12.9. The molecule has 4 rings (SSSR count). The summed E-state index contributed by atoms with van der Waals surface area (Å²) in [6.07, 6.45) is 35.2. The van der Waals surface area contributed by atoms with Crippen LogP contribution in [0, 0.1) is 0 Å². The number of rotatable bonds is 26. The van der Waals surface area contributed by atoms with Crippen LogP contribution in [0.4, 0.5) is 22.7 Å². The molecule has 0 aliphatic carbocycles. The lowest BCUT2D eigenvalue weighted by Gasteiger charge is -2.28. The maximum Gasteiger partial charge on any atom is 0.233 e. The lowest BCUT2D eigenvalue weighted by Crippen LogP contribution is -2.27. The molecular formula is C45H68N4O2. The van der Waals surface area contributed by atoms with Crippen molar-refractivity contribution >= 4 is 46.7 Å². The van der Waals surface area contributed by atoms with Crippen molar-refractivity contribution in [2.24, 2.45) is 0 Å². The standard InChI is InChI=1S/C45H68N4O2/c1-3-5-7-9-11-13-15-17-19-21-31-48-33-23-25-38-35-40(27-29-42(38)48)46-44(50)37-45(51)47-41-28-30-43-39(36-41)26-24-34-49(43)32-22-20-18-16-14-12-10-8-6-4-2/h23-30,35-36H,3-22,31-34,37H2,1-2H3,(H,46,50)(H,47,51). The van der Waals surface area contributed by atoms with E-state index in [1.165, 1.54) is 140 Å². The summed E-state index contributed by atoms with van der Waals surface area (Å²) in [7, 11) is 0. The fourth-order valence-electron chi connectivity index (χ4n) is 7.48. The SMILES string of the molecule is CCCCCCCCCCCCN1CC=Cc2cc(NC(=O)CC(=O)Nc3ccc4c(c3)C=CCN4CCCCCCCCCCCC)ccc21. The molecule has 0 bridgehead atoms. The zero-order chi connectivity index (χ0) is 35.9. The number of nitrogens with zero attached hydrogens (tertiary/aromatic N) is 2. The van der Waals surface area contributed by atoms with Crippen LogP contribution in [0.3, 0.4) is 0 Å². The van der Waals surface area contributed by atoms with Gasteiger partial charge in [-0.05, 0) is 60.4 Å². The van der Waals surface area contributed by atoms with Gasteiger partial charge in [0, 0.05) is 48.9 Å². The van der Waals surface area contributed by atoms with E-state index in [0.717, 1.165) is 48.7 Å². The van der Waals surface area contributed by atoms with Gasteiger partial charge in [-0.1, -0.05) is 154 Å². The molecule has 0 aromatic heterocycles. The highest BCUT2D eigenvalue weighted by Gasteiger charge is 2.17. The molecular weight excluding hydrogens is 629 g/mol. The molecule has 2 heterocycles. The predicted octanol–water partition coefficient (Wildman–Crippen LogP) is 12.2. The van der Waals surface area contributed by atoms with Gasteiger partial charge in [0.2, 0.25) is 11.8 Å². The molecule has 2 aliphatic heterocycles. The monoisotopic (exact) mass is 697 g/mol. The maximum absolute atomic E-state index is 12.9. The summed E-state index contributed by atoms with van der Waals surface area (Å²) in [5.41, 5.74) is 6.09. The van der Waals surface area contributed by atoms with E-state index in [-0.39, 0.29) is 18.2 Å². The van der Waals surface area contributed by atoms with E-state index < -0.39 is 0 Å². The smallest absolute Gasteiger partial charge is 0.233 e. The zero-order valence-electron chi connectivity index (χ0n) is 32.2. The number of anilines is 4. The molecule has 0 spiro atoms. The largest absolute Gasteiger partial charge is 0.367 e. The molecule has 0 atom stereocenters. The summed E-state index contributed by atoms with van der Waals surface area (Å²) in [6.45, 7) is 8.50. The zero-order valence-corrected chi connectivity index (χ0v) is 32.2. The highest BCUT2D eigenvalue weighted by atomic mass is 16.2. The fraction of sp³-hybridized carbons (Fsp3) is 0.600. The van der Waals surface area contributed by atoms with Crippen LogP contribution in [0.25, 0.3) is 12.2 Å². The third-order valence-electron chi connectivity index (χ3n) is 10.4. The first-order valence-electron chi connectivity index (χ1n) is 20.8. The molecule has 280 valence electrons. The van der Waals surface area contributed by atoms with E-state index in [0.29, 0.717) is 0 Å². The van der Waals surface area contributed by atoms with Gasteiger partial charge < -0.3 is 20.4 Å². The number of amides is 2. The molecule has 0 fully saturated rings. The van der Waals surface area contributed by atoms with E-state index in [4.69, 9.17) is 0 Å². The van der Waals surface area contributed by atoms with Gasteiger partial charge in [0.15, 0.2) is 0 Å². The van der Waals surface area contributed by atoms with Gasteiger partial charge in [-0.25, -0.2) is 0 Å². The van der Waals surface area contributed by atoms with Crippen LogP contribution in [0.2, 0.25) is 0 Å². The summed E-state index contributed by atoms with van der Waals surface area (Å²) in [4.78, 5) is 30.6. The van der Waals surface area contributed by atoms with Gasteiger partial charge in [-0.3, -0.25) is 9.59 Å². The molecule has 2 amide bonds. The van der Waals surface area contributed by atoms with Crippen molar-refractivity contribution in [2.45, 2.75) is 149 Å². The Balaban J connectivity index is 1.14. The molecule has 0 saturated carbocycles. The van der Waals surface area contributed by atoms with Crippen LogP contribution in [-0.2, 0) is 9.59 Å². The Kier molecular flexibility index (Phi) is 18.8. The number of hydrogen-bond donors (Lipinski definition) is 2. The molecule has 6 heteroatoms. The molecule has 51 heavy (non-hydrogen) atoms. The Morgan fingerprint density at radius 3 is 1.24 bits per heavy atom. The number of benzene rings is 2. The molecule has 0 radical (unpaired) electrons. The number of hydrogen-bond acceptors (Lipinski definition) is 4. The van der Waals surface area contributed by atoms with Crippen molar-refractivity contribution in [1.82, 2.24) is 0 Å². The summed E-state index contributed by atoms with van der Waals surface area (Å²) in [5, 5.41) is 5.89. The lowest BCUT2D eigenvalue weighted by atomic mass is 10.0. The van der Waals surface area contributed by atoms with Crippen molar-refractivity contribution < 1.29 is 9.59 Å². The number of fused-ring (bicyclic) bond motifs is 2. The van der Waals surface area contributed by atoms with Crippen LogP contribution in [0.1, 0.15) is 160 Å². The second-order valence-electron chi connectivity index (χ2n) is 14.9. The van der Waals surface area contributed by atoms with Crippen molar-refractivity contribution in [3.8, 4) is 0 Å². The topological polar surface area (TPSA) is 64.7 Å². The lowest BCUT2D eigenvalue weighted by molar-refractivity contribution is -0.123. The third kappa shape index (κ3) is 14.9. The Hall–Kier alpha value is -3.54. The minimum Gasteiger partial charge on any atom is -0.367 e. The van der Waals surface area contributed by atoms with Crippen LogP contribution >= 0.6 is 0 Å². The summed E-state index contributed by atoms with van der Waals surface area (Å²) < 4.78 is 0. The Morgan fingerprint density at radius 2 is 0.863 bits per heavy atom. The first-order valence-corrected chi connectivity index (χ1v) is 20.8. The van der Waals surface area contributed by atoms with Gasteiger partial charge >= 0.3 is 0 Å². The Labute approximate surface area is 310 Å². The quantitative estimate of drug-likeness (QED) is 0.0759. The van der Waals surface area contributed by atoms with Gasteiger partial charge in [0.05, 0.1) is 0 Å². The summed E-state index contributed by atoms with van der Waals surface area (Å²) in [5.74, 6) is -0.620. The van der Waals surface area contributed by atoms with Crippen molar-refractivity contribution in [3.05, 3.63) is 59.7 Å². The van der Waals surface area contributed by atoms with Crippen molar-refractivity contribution in [2.75, 3.05) is 46.6 Å². The Bertz CT molecular complexity index is 1280. The van der Waals surface area contributed by atoms with E-state index in [1.807, 2.05) is 24.3 Å². The van der Waals surface area contributed by atoms with Gasteiger partial charge in [-0.15, -0.1) is 0 Å². The molecule has 0 unspecified atom stereocenters. The van der Waals surface area contributed by atoms with E-state index >= 15 is 0 Å². The molecule has 2 aromatic rings. The van der Waals surface area contributed by atoms with Crippen molar-refractivity contribution in [3.63, 3.8) is 0 Å². The van der Waals surface area contributed by atoms with Crippen molar-refractivity contribution in [1.29, 1.82) is 0 Å². The molecule has 0 saturated heterocycles. The number of unbranched alkanes of at least 4 members (excludes halogenated alkanes) is 18. The van der Waals surface area contributed by atoms with E-state index in [1.54, 1.807) is 0 Å². The highest BCUT2D eigenvalue weighted by molar-refractivity contribution is 6.08. The van der Waals surface area contributed by atoms with Crippen LogP contribution in [-0.4, -0.2) is 38.0 Å². The molecule has 6 nitrogen and oxygen atoms in total.